The quantitative estimate of drug-likeness (QED) is 0.318. The van der Waals surface area contributed by atoms with Gasteiger partial charge in [0.15, 0.2) is 11.5 Å². The van der Waals surface area contributed by atoms with Gasteiger partial charge in [0.1, 0.15) is 10.8 Å². The van der Waals surface area contributed by atoms with E-state index >= 15 is 0 Å². The summed E-state index contributed by atoms with van der Waals surface area (Å²) >= 11 is 1.26. The molecule has 1 aromatic heterocycles. The third-order valence-corrected chi connectivity index (χ3v) is 7.11. The van der Waals surface area contributed by atoms with Gasteiger partial charge in [0.25, 0.3) is 5.91 Å². The van der Waals surface area contributed by atoms with Crippen LogP contribution in [-0.4, -0.2) is 47.4 Å². The topological polar surface area (TPSA) is 103 Å². The summed E-state index contributed by atoms with van der Waals surface area (Å²) in [7, 11) is 1.53. The van der Waals surface area contributed by atoms with Crippen LogP contribution in [0.2, 0.25) is 0 Å². The van der Waals surface area contributed by atoms with Crippen LogP contribution in [0, 0.1) is 0 Å². The number of methoxy groups -OCH3 is 1. The fourth-order valence-electron chi connectivity index (χ4n) is 4.18. The van der Waals surface area contributed by atoms with E-state index in [1.54, 1.807) is 23.1 Å². The summed E-state index contributed by atoms with van der Waals surface area (Å²) in [5, 5.41) is 12.1. The minimum atomic E-state index is -0.267. The van der Waals surface area contributed by atoms with Crippen LogP contribution in [0.5, 0.6) is 17.2 Å². The molecular weight excluding hydrogens is 504 g/mol. The molecule has 0 radical (unpaired) electrons. The minimum Gasteiger partial charge on any atom is -0.496 e. The molecule has 0 fully saturated rings. The zero-order valence-electron chi connectivity index (χ0n) is 20.9. The first kappa shape index (κ1) is 25.2. The zero-order chi connectivity index (χ0) is 26.5. The number of nitrogens with one attached hydrogen (secondary N) is 1. The largest absolute Gasteiger partial charge is 0.496 e. The van der Waals surface area contributed by atoms with Crippen molar-refractivity contribution in [2.45, 2.75) is 19.4 Å². The average Bonchev–Trinajstić information content (AvgIpc) is 3.62. The number of carbonyl (C=O) groups is 2. The number of ether oxygens (including phenoxy) is 3. The second kappa shape index (κ2) is 11.3. The first-order chi connectivity index (χ1) is 18.5. The summed E-state index contributed by atoms with van der Waals surface area (Å²) in [4.78, 5) is 28.2. The van der Waals surface area contributed by atoms with Crippen molar-refractivity contribution in [2.75, 3.05) is 25.8 Å². The van der Waals surface area contributed by atoms with Gasteiger partial charge >= 0.3 is 0 Å². The van der Waals surface area contributed by atoms with E-state index in [0.717, 1.165) is 11.1 Å². The van der Waals surface area contributed by atoms with Gasteiger partial charge in [-0.2, -0.15) is 0 Å². The Hall–Kier alpha value is -4.44. The molecule has 0 saturated carbocycles. The van der Waals surface area contributed by atoms with Crippen molar-refractivity contribution in [2.24, 2.45) is 0 Å². The molecule has 1 N–H and O–H groups in total. The molecule has 0 bridgehead atoms. The number of fused-ring (bicyclic) bond motifs is 1. The molecule has 194 valence electrons. The zero-order valence-corrected chi connectivity index (χ0v) is 21.7. The van der Waals surface area contributed by atoms with Crippen LogP contribution in [0.1, 0.15) is 35.3 Å². The molecule has 2 heterocycles. The van der Waals surface area contributed by atoms with Crippen LogP contribution in [0.15, 0.2) is 72.8 Å². The lowest BCUT2D eigenvalue weighted by molar-refractivity contribution is -0.116. The number of aromatic nitrogens is 2. The number of hydrogen-bond donors (Lipinski definition) is 1. The minimum absolute atomic E-state index is 0.0804. The molecule has 0 aliphatic carbocycles. The molecule has 3 aromatic carbocycles. The van der Waals surface area contributed by atoms with E-state index in [4.69, 9.17) is 14.2 Å². The van der Waals surface area contributed by atoms with Gasteiger partial charge in [-0.1, -0.05) is 53.8 Å². The van der Waals surface area contributed by atoms with Crippen LogP contribution >= 0.6 is 11.3 Å². The lowest BCUT2D eigenvalue weighted by atomic mass is 10.0. The van der Waals surface area contributed by atoms with Crippen LogP contribution in [0.25, 0.3) is 10.6 Å². The predicted octanol–water partition coefficient (Wildman–Crippen LogP) is 5.17. The molecule has 10 heteroatoms. The van der Waals surface area contributed by atoms with Crippen LogP contribution < -0.4 is 19.5 Å². The molecule has 9 nitrogen and oxygen atoms in total. The Morgan fingerprint density at radius 1 is 1.03 bits per heavy atom. The Bertz CT molecular complexity index is 1440. The summed E-state index contributed by atoms with van der Waals surface area (Å²) in [6.07, 6.45) is 0.0804. The third kappa shape index (κ3) is 5.45. The second-order valence-corrected chi connectivity index (χ2v) is 9.54. The van der Waals surface area contributed by atoms with Crippen molar-refractivity contribution in [3.63, 3.8) is 0 Å². The van der Waals surface area contributed by atoms with E-state index in [9.17, 15) is 9.59 Å². The Balaban J connectivity index is 1.29. The number of rotatable bonds is 9. The highest BCUT2D eigenvalue weighted by Gasteiger charge is 2.26. The van der Waals surface area contributed by atoms with Crippen molar-refractivity contribution in [1.82, 2.24) is 15.1 Å². The normalized spacial score (nSPS) is 12.6. The summed E-state index contributed by atoms with van der Waals surface area (Å²) in [6, 6.07) is 22.0. The van der Waals surface area contributed by atoms with Gasteiger partial charge in [-0.15, -0.1) is 10.2 Å². The number of anilines is 1. The first-order valence-electron chi connectivity index (χ1n) is 12.1. The van der Waals surface area contributed by atoms with E-state index in [1.807, 2.05) is 61.5 Å². The number of nitrogens with zero attached hydrogens (tertiary/aromatic N) is 3. The van der Waals surface area contributed by atoms with Gasteiger partial charge in [0.2, 0.25) is 17.8 Å². The molecule has 1 aliphatic rings. The molecule has 38 heavy (non-hydrogen) atoms. The molecule has 2 amide bonds. The van der Waals surface area contributed by atoms with Crippen molar-refractivity contribution in [3.8, 4) is 27.8 Å². The summed E-state index contributed by atoms with van der Waals surface area (Å²) in [5.74, 6) is 1.33. The van der Waals surface area contributed by atoms with E-state index in [2.05, 4.69) is 15.5 Å². The van der Waals surface area contributed by atoms with Crippen LogP contribution in [0.4, 0.5) is 5.13 Å². The average molecular weight is 531 g/mol. The second-order valence-electron chi connectivity index (χ2n) is 8.56. The van der Waals surface area contributed by atoms with Gasteiger partial charge in [0.05, 0.1) is 18.7 Å². The van der Waals surface area contributed by atoms with Gasteiger partial charge in [-0.25, -0.2) is 0 Å². The fourth-order valence-corrected chi connectivity index (χ4v) is 4.94. The summed E-state index contributed by atoms with van der Waals surface area (Å²) in [5.41, 5.74) is 2.22. The maximum Gasteiger partial charge on any atom is 0.258 e. The van der Waals surface area contributed by atoms with Crippen molar-refractivity contribution in [3.05, 3.63) is 83.9 Å². The molecular formula is C28H26N4O5S. The number of carbonyl (C=O) groups excluding carboxylic acids is 2. The van der Waals surface area contributed by atoms with Crippen molar-refractivity contribution < 1.29 is 23.8 Å². The number of hydrogen-bond acceptors (Lipinski definition) is 8. The Morgan fingerprint density at radius 3 is 2.61 bits per heavy atom. The highest BCUT2D eigenvalue weighted by atomic mass is 32.1. The SMILES string of the molecule is COc1ccccc1C(=O)N(CCC(=O)Nc1nnc(-c2ccc3c(c2)OCO3)s1)C(C)c1ccccc1. The van der Waals surface area contributed by atoms with Crippen LogP contribution in [-0.2, 0) is 4.79 Å². The third-order valence-electron chi connectivity index (χ3n) is 6.22. The lowest BCUT2D eigenvalue weighted by Crippen LogP contribution is -2.36. The molecule has 1 atom stereocenters. The van der Waals surface area contributed by atoms with Gasteiger partial charge in [-0.3, -0.25) is 9.59 Å². The monoisotopic (exact) mass is 530 g/mol. The molecule has 1 aliphatic heterocycles. The van der Waals surface area contributed by atoms with Crippen LogP contribution in [0.3, 0.4) is 0 Å². The summed E-state index contributed by atoms with van der Waals surface area (Å²) in [6.45, 7) is 2.34. The number of para-hydroxylation sites is 1. The first-order valence-corrected chi connectivity index (χ1v) is 12.9. The highest BCUT2D eigenvalue weighted by Crippen LogP contribution is 2.37. The fraction of sp³-hybridized carbons (Fsp3) is 0.214. The van der Waals surface area contributed by atoms with E-state index in [1.165, 1.54) is 18.4 Å². The Labute approximate surface area is 224 Å². The summed E-state index contributed by atoms with van der Waals surface area (Å²) < 4.78 is 16.2. The number of amides is 2. The Kier molecular flexibility index (Phi) is 7.50. The van der Waals surface area contributed by atoms with E-state index in [-0.39, 0.29) is 37.6 Å². The van der Waals surface area contributed by atoms with Crippen molar-refractivity contribution in [1.29, 1.82) is 0 Å². The predicted molar refractivity (Wildman–Crippen MR) is 144 cm³/mol. The standard InChI is InChI=1S/C28H26N4O5S/c1-18(19-8-4-3-5-9-19)32(27(34)21-10-6-7-11-22(21)35-2)15-14-25(33)29-28-31-30-26(38-28)20-12-13-23-24(16-20)37-17-36-23/h3-13,16,18H,14-15,17H2,1-2H3,(H,29,31,33). The van der Waals surface area contributed by atoms with E-state index < -0.39 is 0 Å². The maximum atomic E-state index is 13.6. The van der Waals surface area contributed by atoms with Gasteiger partial charge in [0, 0.05) is 18.5 Å². The maximum absolute atomic E-state index is 13.6. The smallest absolute Gasteiger partial charge is 0.258 e. The number of benzene rings is 3. The van der Waals surface area contributed by atoms with Gasteiger partial charge in [-0.05, 0) is 42.8 Å². The molecule has 0 spiro atoms. The highest BCUT2D eigenvalue weighted by molar-refractivity contribution is 7.18. The molecule has 0 saturated heterocycles. The molecule has 1 unspecified atom stereocenters. The van der Waals surface area contributed by atoms with E-state index in [0.29, 0.717) is 33.0 Å². The molecule has 5 rings (SSSR count). The van der Waals surface area contributed by atoms with Gasteiger partial charge < -0.3 is 24.4 Å². The van der Waals surface area contributed by atoms with Crippen molar-refractivity contribution >= 4 is 28.3 Å². The molecule has 4 aromatic rings. The lowest BCUT2D eigenvalue weighted by Gasteiger charge is -2.30. The Morgan fingerprint density at radius 2 is 1.79 bits per heavy atom.